The Hall–Kier alpha value is -0.750. The number of nitrogens with one attached hydrogen (secondary N) is 3. The fraction of sp³-hybridized carbons (Fsp3) is 0.625. The van der Waals surface area contributed by atoms with Gasteiger partial charge in [-0.1, -0.05) is 12.1 Å². The van der Waals surface area contributed by atoms with Gasteiger partial charge in [-0.3, -0.25) is 10.9 Å². The van der Waals surface area contributed by atoms with Crippen molar-refractivity contribution in [1.29, 1.82) is 0 Å². The van der Waals surface area contributed by atoms with Gasteiger partial charge in [-0.05, 0) is 24.6 Å². The largest absolute Gasteiger partial charge is 0.370 e. The summed E-state index contributed by atoms with van der Waals surface area (Å²) in [5.74, 6) is 3.19. The monoisotopic (exact) mass is 306 g/mol. The van der Waals surface area contributed by atoms with Gasteiger partial charge in [-0.2, -0.15) is 11.8 Å². The van der Waals surface area contributed by atoms with Crippen molar-refractivity contribution in [2.45, 2.75) is 19.5 Å². The van der Waals surface area contributed by atoms with Gasteiger partial charge in [-0.15, -0.1) is 0 Å². The van der Waals surface area contributed by atoms with Gasteiger partial charge in [0.2, 0.25) is 0 Å². The average molecular weight is 306 g/mol. The van der Waals surface area contributed by atoms with Gasteiger partial charge in [0.05, 0.1) is 0 Å². The number of anilines is 1. The topological polar surface area (TPSA) is 39.3 Å². The van der Waals surface area contributed by atoms with Crippen LogP contribution in [0.25, 0.3) is 0 Å². The van der Waals surface area contributed by atoms with Crippen molar-refractivity contribution >= 4 is 17.4 Å². The highest BCUT2D eigenvalue weighted by atomic mass is 32.2. The first-order chi connectivity index (χ1) is 10.3. The van der Waals surface area contributed by atoms with Crippen molar-refractivity contribution < 1.29 is 0 Å². The van der Waals surface area contributed by atoms with Crippen LogP contribution < -0.4 is 21.1 Å². The molecule has 116 valence electrons. The van der Waals surface area contributed by atoms with Crippen molar-refractivity contribution in [3.63, 3.8) is 0 Å². The molecule has 2 aliphatic rings. The lowest BCUT2D eigenvalue weighted by molar-refractivity contribution is 0.454. The van der Waals surface area contributed by atoms with Crippen molar-refractivity contribution in [2.24, 2.45) is 5.92 Å². The fourth-order valence-corrected chi connectivity index (χ4v) is 3.85. The van der Waals surface area contributed by atoms with Crippen LogP contribution in [0.15, 0.2) is 24.3 Å². The molecule has 0 bridgehead atoms. The molecular weight excluding hydrogens is 280 g/mol. The summed E-state index contributed by atoms with van der Waals surface area (Å²) < 4.78 is 0. The Kier molecular flexibility index (Phi) is 5.41. The van der Waals surface area contributed by atoms with Gasteiger partial charge in [-0.25, -0.2) is 0 Å². The van der Waals surface area contributed by atoms with E-state index in [1.807, 2.05) is 0 Å². The summed E-state index contributed by atoms with van der Waals surface area (Å²) in [4.78, 5) is 2.49. The highest BCUT2D eigenvalue weighted by molar-refractivity contribution is 7.99. The van der Waals surface area contributed by atoms with Crippen LogP contribution in [-0.4, -0.2) is 43.7 Å². The molecule has 2 saturated heterocycles. The smallest absolute Gasteiger partial charge is 0.0366 e. The lowest BCUT2D eigenvalue weighted by Crippen LogP contribution is -2.32. The van der Waals surface area contributed by atoms with E-state index in [0.29, 0.717) is 12.0 Å². The van der Waals surface area contributed by atoms with Crippen LogP contribution in [0.1, 0.15) is 12.5 Å². The molecule has 0 radical (unpaired) electrons. The molecule has 0 aromatic heterocycles. The number of rotatable bonds is 5. The molecule has 2 aliphatic heterocycles. The Morgan fingerprint density at radius 1 is 1.24 bits per heavy atom. The van der Waals surface area contributed by atoms with Crippen LogP contribution in [0.4, 0.5) is 5.69 Å². The second-order valence-corrected chi connectivity index (χ2v) is 7.20. The quantitative estimate of drug-likeness (QED) is 0.768. The minimum Gasteiger partial charge on any atom is -0.370 e. The van der Waals surface area contributed by atoms with Crippen LogP contribution in [0.3, 0.4) is 0 Å². The maximum absolute atomic E-state index is 3.58. The van der Waals surface area contributed by atoms with E-state index in [0.717, 1.165) is 19.6 Å². The first-order valence-corrected chi connectivity index (χ1v) is 9.09. The van der Waals surface area contributed by atoms with E-state index in [4.69, 9.17) is 0 Å². The predicted molar refractivity (Wildman–Crippen MR) is 91.8 cm³/mol. The third-order valence-corrected chi connectivity index (χ3v) is 5.39. The van der Waals surface area contributed by atoms with Gasteiger partial charge < -0.3 is 10.2 Å². The SMILES string of the molecule is CC1NNCC1CNCc1ccc(N2CCSCC2)cc1. The molecule has 1 aromatic carbocycles. The van der Waals surface area contributed by atoms with Crippen LogP contribution in [0, 0.1) is 5.92 Å². The Balaban J connectivity index is 1.45. The molecule has 2 heterocycles. The maximum Gasteiger partial charge on any atom is 0.0366 e. The summed E-state index contributed by atoms with van der Waals surface area (Å²) in [7, 11) is 0. The molecule has 2 atom stereocenters. The average Bonchev–Trinajstić information content (AvgIpc) is 2.94. The molecule has 3 N–H and O–H groups in total. The molecular formula is C16H26N4S. The van der Waals surface area contributed by atoms with Gasteiger partial charge in [0.25, 0.3) is 0 Å². The highest BCUT2D eigenvalue weighted by Crippen LogP contribution is 2.19. The van der Waals surface area contributed by atoms with E-state index in [-0.39, 0.29) is 0 Å². The van der Waals surface area contributed by atoms with Crippen LogP contribution in [0.5, 0.6) is 0 Å². The molecule has 21 heavy (non-hydrogen) atoms. The third kappa shape index (κ3) is 4.13. The highest BCUT2D eigenvalue weighted by Gasteiger charge is 2.21. The Bertz CT molecular complexity index is 430. The number of hydrogen-bond acceptors (Lipinski definition) is 5. The molecule has 0 saturated carbocycles. The Labute approximate surface area is 132 Å². The van der Waals surface area contributed by atoms with E-state index >= 15 is 0 Å². The second kappa shape index (κ2) is 7.49. The Morgan fingerprint density at radius 2 is 2.00 bits per heavy atom. The van der Waals surface area contributed by atoms with Crippen LogP contribution in [0.2, 0.25) is 0 Å². The molecule has 0 aliphatic carbocycles. The summed E-state index contributed by atoms with van der Waals surface area (Å²) in [6.45, 7) is 7.67. The first kappa shape index (κ1) is 15.2. The zero-order valence-corrected chi connectivity index (χ0v) is 13.6. The Morgan fingerprint density at radius 3 is 2.67 bits per heavy atom. The molecule has 3 rings (SSSR count). The molecule has 0 amide bonds. The normalized spacial score (nSPS) is 26.2. The number of thioether (sulfide) groups is 1. The standard InChI is InChI=1S/C16H26N4S/c1-13-15(12-18-19-13)11-17-10-14-2-4-16(5-3-14)20-6-8-21-9-7-20/h2-5,13,15,17-19H,6-12H2,1H3. The van der Waals surface area contributed by atoms with Gasteiger partial charge in [0.1, 0.15) is 0 Å². The number of hydrazine groups is 1. The second-order valence-electron chi connectivity index (χ2n) is 5.97. The number of benzene rings is 1. The summed E-state index contributed by atoms with van der Waals surface area (Å²) in [5, 5.41) is 3.58. The van der Waals surface area contributed by atoms with Crippen molar-refractivity contribution in [3.05, 3.63) is 29.8 Å². The number of nitrogens with zero attached hydrogens (tertiary/aromatic N) is 1. The van der Waals surface area contributed by atoms with Gasteiger partial charge in [0.15, 0.2) is 0 Å². The zero-order valence-electron chi connectivity index (χ0n) is 12.8. The molecule has 1 aromatic rings. The predicted octanol–water partition coefficient (Wildman–Crippen LogP) is 1.44. The fourth-order valence-electron chi connectivity index (χ4n) is 2.94. The lowest BCUT2D eigenvalue weighted by atomic mass is 10.0. The summed E-state index contributed by atoms with van der Waals surface area (Å²) in [5.41, 5.74) is 9.23. The summed E-state index contributed by atoms with van der Waals surface area (Å²) in [6, 6.07) is 9.62. The first-order valence-electron chi connectivity index (χ1n) is 7.93. The molecule has 5 heteroatoms. The van der Waals surface area contributed by atoms with E-state index in [1.54, 1.807) is 0 Å². The number of hydrogen-bond donors (Lipinski definition) is 3. The van der Waals surface area contributed by atoms with Crippen LogP contribution in [-0.2, 0) is 6.54 Å². The van der Waals surface area contributed by atoms with Gasteiger partial charge >= 0.3 is 0 Å². The van der Waals surface area contributed by atoms with Crippen LogP contribution >= 0.6 is 11.8 Å². The summed E-state index contributed by atoms with van der Waals surface area (Å²) >= 11 is 2.06. The molecule has 2 fully saturated rings. The zero-order chi connectivity index (χ0) is 14.5. The minimum absolute atomic E-state index is 0.553. The van der Waals surface area contributed by atoms with Crippen molar-refractivity contribution in [1.82, 2.24) is 16.2 Å². The summed E-state index contributed by atoms with van der Waals surface area (Å²) in [6.07, 6.45) is 0. The molecule has 2 unspecified atom stereocenters. The van der Waals surface area contributed by atoms with E-state index in [2.05, 4.69) is 64.0 Å². The maximum atomic E-state index is 3.58. The van der Waals surface area contributed by atoms with Gasteiger partial charge in [0, 0.05) is 61.9 Å². The van der Waals surface area contributed by atoms with Crippen molar-refractivity contribution in [3.8, 4) is 0 Å². The van der Waals surface area contributed by atoms with Crippen molar-refractivity contribution in [2.75, 3.05) is 42.6 Å². The molecule has 4 nitrogen and oxygen atoms in total. The lowest BCUT2D eigenvalue weighted by Gasteiger charge is -2.28. The molecule has 0 spiro atoms. The van der Waals surface area contributed by atoms with E-state index in [1.165, 1.54) is 35.8 Å². The third-order valence-electron chi connectivity index (χ3n) is 4.45. The van der Waals surface area contributed by atoms with E-state index in [9.17, 15) is 0 Å². The van der Waals surface area contributed by atoms with E-state index < -0.39 is 0 Å². The minimum atomic E-state index is 0.553.